The molecule has 0 saturated carbocycles. The van der Waals surface area contributed by atoms with Crippen LogP contribution in [0.5, 0.6) is 0 Å². The Bertz CT molecular complexity index is 140. The lowest BCUT2D eigenvalue weighted by Crippen LogP contribution is -2.28. The Morgan fingerprint density at radius 3 is 2.42 bits per heavy atom. The zero-order chi connectivity index (χ0) is 8.81. The van der Waals surface area contributed by atoms with Crippen molar-refractivity contribution in [2.75, 3.05) is 19.7 Å². The Labute approximate surface area is 74.5 Å². The monoisotopic (exact) mass is 166 g/mol. The van der Waals surface area contributed by atoms with Gasteiger partial charge in [0.25, 0.3) is 0 Å². The first-order valence-corrected chi connectivity index (χ1v) is 4.34. The summed E-state index contributed by atoms with van der Waals surface area (Å²) in [5.74, 6) is 0. The minimum absolute atomic E-state index is 0.849. The SMILES string of the molecule is C=CCN(CC=C)[C]1CCCO1. The fraction of sp³-hybridized carbons (Fsp3) is 0.500. The lowest BCUT2D eigenvalue weighted by Gasteiger charge is -2.23. The van der Waals surface area contributed by atoms with Crippen LogP contribution in [0.25, 0.3) is 0 Å². The van der Waals surface area contributed by atoms with Gasteiger partial charge in [0.05, 0.1) is 0 Å². The molecular weight excluding hydrogens is 150 g/mol. The van der Waals surface area contributed by atoms with Crippen molar-refractivity contribution in [3.8, 4) is 0 Å². The maximum absolute atomic E-state index is 5.47. The molecule has 1 aliphatic rings. The number of rotatable bonds is 5. The summed E-state index contributed by atoms with van der Waals surface area (Å²) in [6, 6.07) is 0. The first-order valence-electron chi connectivity index (χ1n) is 4.34. The highest BCUT2D eigenvalue weighted by Crippen LogP contribution is 2.23. The van der Waals surface area contributed by atoms with Crippen molar-refractivity contribution in [3.63, 3.8) is 0 Å². The highest BCUT2D eigenvalue weighted by molar-refractivity contribution is 4.91. The molecule has 0 spiro atoms. The molecule has 1 rings (SSSR count). The summed E-state index contributed by atoms with van der Waals surface area (Å²) in [5, 5.41) is 0. The summed E-state index contributed by atoms with van der Waals surface area (Å²) in [5.41, 5.74) is 0. The van der Waals surface area contributed by atoms with Crippen LogP contribution in [-0.4, -0.2) is 24.6 Å². The molecule has 12 heavy (non-hydrogen) atoms. The van der Waals surface area contributed by atoms with Crippen LogP contribution in [0.3, 0.4) is 0 Å². The Hall–Kier alpha value is -0.600. The smallest absolute Gasteiger partial charge is 0.165 e. The van der Waals surface area contributed by atoms with Crippen LogP contribution in [-0.2, 0) is 4.74 Å². The molecule has 1 saturated heterocycles. The molecule has 0 aliphatic carbocycles. The summed E-state index contributed by atoms with van der Waals surface area (Å²) in [6.45, 7) is 9.98. The minimum Gasteiger partial charge on any atom is -0.356 e. The number of ether oxygens (including phenoxy) is 1. The van der Waals surface area contributed by atoms with Crippen molar-refractivity contribution in [1.82, 2.24) is 4.90 Å². The normalized spacial score (nSPS) is 18.4. The molecule has 1 aliphatic heterocycles. The maximum Gasteiger partial charge on any atom is 0.165 e. The van der Waals surface area contributed by atoms with E-state index in [9.17, 15) is 0 Å². The molecule has 2 heteroatoms. The maximum atomic E-state index is 5.47. The zero-order valence-electron chi connectivity index (χ0n) is 7.46. The van der Waals surface area contributed by atoms with Crippen LogP contribution < -0.4 is 0 Å². The molecule has 0 unspecified atom stereocenters. The van der Waals surface area contributed by atoms with E-state index in [0.717, 1.165) is 38.8 Å². The quantitative estimate of drug-likeness (QED) is 0.579. The second-order valence-electron chi connectivity index (χ2n) is 2.83. The second kappa shape index (κ2) is 5.12. The highest BCUT2D eigenvalue weighted by Gasteiger charge is 2.22. The molecule has 0 aromatic rings. The Kier molecular flexibility index (Phi) is 4.05. The fourth-order valence-electron chi connectivity index (χ4n) is 1.32. The predicted octanol–water partition coefficient (Wildman–Crippen LogP) is 1.96. The summed E-state index contributed by atoms with van der Waals surface area (Å²) >= 11 is 0. The number of hydrogen-bond donors (Lipinski definition) is 0. The van der Waals surface area contributed by atoms with Gasteiger partial charge in [0.15, 0.2) is 6.23 Å². The summed E-state index contributed by atoms with van der Waals surface area (Å²) in [7, 11) is 0. The lowest BCUT2D eigenvalue weighted by atomic mass is 10.3. The third kappa shape index (κ3) is 2.47. The van der Waals surface area contributed by atoms with E-state index in [2.05, 4.69) is 18.1 Å². The first-order chi connectivity index (χ1) is 5.88. The molecular formula is C10H16NO. The van der Waals surface area contributed by atoms with Gasteiger partial charge < -0.3 is 4.74 Å². The summed E-state index contributed by atoms with van der Waals surface area (Å²) in [4.78, 5) is 2.16. The van der Waals surface area contributed by atoms with E-state index >= 15 is 0 Å². The largest absolute Gasteiger partial charge is 0.356 e. The molecule has 0 amide bonds. The van der Waals surface area contributed by atoms with Gasteiger partial charge in [0, 0.05) is 19.7 Å². The number of nitrogens with zero attached hydrogens (tertiary/aromatic N) is 1. The van der Waals surface area contributed by atoms with Crippen molar-refractivity contribution in [3.05, 3.63) is 31.5 Å². The lowest BCUT2D eigenvalue weighted by molar-refractivity contribution is 0.0890. The molecule has 0 N–H and O–H groups in total. The molecule has 0 atom stereocenters. The standard InChI is InChI=1S/C10H16NO/c1-3-7-11(8-4-2)10-6-5-9-12-10/h3-4H,1-2,5-9H2. The average molecular weight is 166 g/mol. The molecule has 1 heterocycles. The van der Waals surface area contributed by atoms with Crippen molar-refractivity contribution in [2.45, 2.75) is 12.8 Å². The molecule has 0 aromatic heterocycles. The predicted molar refractivity (Wildman–Crippen MR) is 50.4 cm³/mol. The Balaban J connectivity index is 2.38. The average Bonchev–Trinajstić information content (AvgIpc) is 2.56. The molecule has 67 valence electrons. The van der Waals surface area contributed by atoms with Crippen LogP contribution in [0.4, 0.5) is 0 Å². The van der Waals surface area contributed by atoms with Gasteiger partial charge in [-0.2, -0.15) is 0 Å². The van der Waals surface area contributed by atoms with Crippen molar-refractivity contribution < 1.29 is 4.74 Å². The van der Waals surface area contributed by atoms with Gasteiger partial charge in [-0.05, 0) is 12.8 Å². The third-order valence-electron chi connectivity index (χ3n) is 1.86. The molecule has 2 nitrogen and oxygen atoms in total. The van der Waals surface area contributed by atoms with Gasteiger partial charge in [0.2, 0.25) is 0 Å². The Morgan fingerprint density at radius 1 is 1.33 bits per heavy atom. The minimum atomic E-state index is 0.849. The van der Waals surface area contributed by atoms with Gasteiger partial charge >= 0.3 is 0 Å². The third-order valence-corrected chi connectivity index (χ3v) is 1.86. The number of hydrogen-bond acceptors (Lipinski definition) is 2. The van der Waals surface area contributed by atoms with Crippen molar-refractivity contribution in [1.29, 1.82) is 0 Å². The van der Waals surface area contributed by atoms with E-state index in [1.807, 2.05) is 12.2 Å². The molecule has 1 fully saturated rings. The van der Waals surface area contributed by atoms with Gasteiger partial charge in [-0.3, -0.25) is 4.90 Å². The fourth-order valence-corrected chi connectivity index (χ4v) is 1.32. The highest BCUT2D eigenvalue weighted by atomic mass is 16.5. The van der Waals surface area contributed by atoms with Crippen LogP contribution in [0.15, 0.2) is 25.3 Å². The van der Waals surface area contributed by atoms with E-state index in [1.54, 1.807) is 0 Å². The van der Waals surface area contributed by atoms with Crippen LogP contribution in [0, 0.1) is 6.23 Å². The molecule has 0 aromatic carbocycles. The van der Waals surface area contributed by atoms with Gasteiger partial charge in [-0.1, -0.05) is 12.2 Å². The van der Waals surface area contributed by atoms with Gasteiger partial charge in [0.1, 0.15) is 0 Å². The van der Waals surface area contributed by atoms with Crippen molar-refractivity contribution in [2.24, 2.45) is 0 Å². The van der Waals surface area contributed by atoms with Crippen LogP contribution in [0.2, 0.25) is 0 Å². The Morgan fingerprint density at radius 2 is 2.00 bits per heavy atom. The first kappa shape index (κ1) is 9.49. The van der Waals surface area contributed by atoms with Gasteiger partial charge in [-0.15, -0.1) is 13.2 Å². The zero-order valence-corrected chi connectivity index (χ0v) is 7.46. The van der Waals surface area contributed by atoms with E-state index in [1.165, 1.54) is 0 Å². The second-order valence-corrected chi connectivity index (χ2v) is 2.83. The van der Waals surface area contributed by atoms with E-state index in [-0.39, 0.29) is 0 Å². The van der Waals surface area contributed by atoms with E-state index in [4.69, 9.17) is 4.74 Å². The summed E-state index contributed by atoms with van der Waals surface area (Å²) < 4.78 is 5.47. The van der Waals surface area contributed by atoms with Crippen LogP contribution >= 0.6 is 0 Å². The molecule has 0 bridgehead atoms. The summed E-state index contributed by atoms with van der Waals surface area (Å²) in [6.07, 6.45) is 7.06. The van der Waals surface area contributed by atoms with Crippen molar-refractivity contribution >= 4 is 0 Å². The van der Waals surface area contributed by atoms with E-state index < -0.39 is 0 Å². The van der Waals surface area contributed by atoms with Gasteiger partial charge in [-0.25, -0.2) is 0 Å². The topological polar surface area (TPSA) is 12.5 Å². The van der Waals surface area contributed by atoms with E-state index in [0.29, 0.717) is 0 Å². The molecule has 1 radical (unpaired) electrons. The van der Waals surface area contributed by atoms with Crippen LogP contribution in [0.1, 0.15) is 12.8 Å².